The Morgan fingerprint density at radius 3 is 2.81 bits per heavy atom. The first-order valence-corrected chi connectivity index (χ1v) is 9.79. The maximum Gasteiger partial charge on any atom is 0.251 e. The van der Waals surface area contributed by atoms with Crippen LogP contribution in [0.1, 0.15) is 17.3 Å². The predicted octanol–water partition coefficient (Wildman–Crippen LogP) is 0.628. The SMILES string of the molecule is CC1(CNS(=O)(=O)c2cccc(C(=O)NCCn3cccn3)c2)COC1. The molecule has 2 heterocycles. The molecule has 1 saturated heterocycles. The Morgan fingerprint density at radius 1 is 1.35 bits per heavy atom. The van der Waals surface area contributed by atoms with Gasteiger partial charge in [-0.1, -0.05) is 13.0 Å². The number of hydrogen-bond acceptors (Lipinski definition) is 5. The number of benzene rings is 1. The van der Waals surface area contributed by atoms with Crippen LogP contribution in [0.5, 0.6) is 0 Å². The van der Waals surface area contributed by atoms with Crippen molar-refractivity contribution in [3.63, 3.8) is 0 Å². The van der Waals surface area contributed by atoms with Crippen LogP contribution in [0.4, 0.5) is 0 Å². The largest absolute Gasteiger partial charge is 0.380 e. The normalized spacial score (nSPS) is 16.0. The number of rotatable bonds is 8. The highest BCUT2D eigenvalue weighted by atomic mass is 32.2. The van der Waals surface area contributed by atoms with E-state index in [1.807, 2.05) is 6.92 Å². The fraction of sp³-hybridized carbons (Fsp3) is 0.412. The molecule has 1 aromatic carbocycles. The van der Waals surface area contributed by atoms with Gasteiger partial charge >= 0.3 is 0 Å². The Hall–Kier alpha value is -2.23. The van der Waals surface area contributed by atoms with E-state index in [0.29, 0.717) is 38.4 Å². The molecule has 8 nitrogen and oxygen atoms in total. The molecular weight excluding hydrogens is 356 g/mol. The molecule has 1 aliphatic heterocycles. The number of amides is 1. The lowest BCUT2D eigenvalue weighted by atomic mass is 9.89. The summed E-state index contributed by atoms with van der Waals surface area (Å²) < 4.78 is 34.4. The van der Waals surface area contributed by atoms with Gasteiger partial charge in [0.1, 0.15) is 0 Å². The monoisotopic (exact) mass is 378 g/mol. The number of nitrogens with zero attached hydrogens (tertiary/aromatic N) is 2. The smallest absolute Gasteiger partial charge is 0.251 e. The summed E-state index contributed by atoms with van der Waals surface area (Å²) in [5.41, 5.74) is 0.126. The van der Waals surface area contributed by atoms with Gasteiger partial charge in [-0.2, -0.15) is 5.10 Å². The van der Waals surface area contributed by atoms with Crippen LogP contribution in [0.15, 0.2) is 47.6 Å². The molecule has 1 aliphatic rings. The molecule has 1 aromatic heterocycles. The second-order valence-corrected chi connectivity index (χ2v) is 8.45. The van der Waals surface area contributed by atoms with Crippen LogP contribution in [-0.2, 0) is 21.3 Å². The summed E-state index contributed by atoms with van der Waals surface area (Å²) in [5, 5.41) is 6.81. The molecular formula is C17H22N4O4S. The zero-order chi connectivity index (χ0) is 18.6. The van der Waals surface area contributed by atoms with Crippen molar-refractivity contribution in [2.45, 2.75) is 18.4 Å². The maximum absolute atomic E-state index is 12.5. The molecule has 1 amide bonds. The van der Waals surface area contributed by atoms with E-state index in [0.717, 1.165) is 0 Å². The van der Waals surface area contributed by atoms with Gasteiger partial charge in [0.25, 0.3) is 5.91 Å². The fourth-order valence-corrected chi connectivity index (χ4v) is 3.77. The van der Waals surface area contributed by atoms with Gasteiger partial charge in [-0.25, -0.2) is 13.1 Å². The molecule has 1 fully saturated rings. The number of ether oxygens (including phenoxy) is 1. The number of sulfonamides is 1. The molecule has 2 aromatic rings. The molecule has 0 spiro atoms. The number of carbonyl (C=O) groups is 1. The van der Waals surface area contributed by atoms with Gasteiger partial charge in [-0.15, -0.1) is 0 Å². The first-order valence-electron chi connectivity index (χ1n) is 8.31. The lowest BCUT2D eigenvalue weighted by Crippen LogP contribution is -2.48. The minimum Gasteiger partial charge on any atom is -0.380 e. The lowest BCUT2D eigenvalue weighted by molar-refractivity contribution is -0.0965. The van der Waals surface area contributed by atoms with Crippen molar-refractivity contribution < 1.29 is 17.9 Å². The number of aromatic nitrogens is 2. The Kier molecular flexibility index (Phi) is 5.40. The topological polar surface area (TPSA) is 102 Å². The van der Waals surface area contributed by atoms with Gasteiger partial charge < -0.3 is 10.1 Å². The number of nitrogens with one attached hydrogen (secondary N) is 2. The maximum atomic E-state index is 12.5. The second-order valence-electron chi connectivity index (χ2n) is 6.68. The van der Waals surface area contributed by atoms with Crippen molar-refractivity contribution in [3.8, 4) is 0 Å². The van der Waals surface area contributed by atoms with Crippen LogP contribution in [-0.4, -0.2) is 50.4 Å². The number of carbonyl (C=O) groups excluding carboxylic acids is 1. The zero-order valence-corrected chi connectivity index (χ0v) is 15.3. The van der Waals surface area contributed by atoms with E-state index in [2.05, 4.69) is 15.1 Å². The standard InChI is InChI=1S/C17H22N4O4S/c1-17(12-25-13-17)11-20-26(23,24)15-5-2-4-14(10-15)16(22)18-7-9-21-8-3-6-19-21/h2-6,8,10,20H,7,9,11-13H2,1H3,(H,18,22). The summed E-state index contributed by atoms with van der Waals surface area (Å²) in [6.07, 6.45) is 3.47. The molecule has 0 aliphatic carbocycles. The molecule has 9 heteroatoms. The van der Waals surface area contributed by atoms with E-state index in [9.17, 15) is 13.2 Å². The molecule has 140 valence electrons. The van der Waals surface area contributed by atoms with Crippen molar-refractivity contribution in [1.29, 1.82) is 0 Å². The van der Waals surface area contributed by atoms with E-state index in [1.165, 1.54) is 12.1 Å². The molecule has 26 heavy (non-hydrogen) atoms. The van der Waals surface area contributed by atoms with Crippen molar-refractivity contribution in [2.75, 3.05) is 26.3 Å². The summed E-state index contributed by atoms with van der Waals surface area (Å²) >= 11 is 0. The van der Waals surface area contributed by atoms with Crippen molar-refractivity contribution >= 4 is 15.9 Å². The molecule has 0 unspecified atom stereocenters. The summed E-state index contributed by atoms with van der Waals surface area (Å²) in [6, 6.07) is 7.81. The van der Waals surface area contributed by atoms with E-state index >= 15 is 0 Å². The van der Waals surface area contributed by atoms with Gasteiger partial charge in [-0.05, 0) is 24.3 Å². The highest BCUT2D eigenvalue weighted by molar-refractivity contribution is 7.89. The van der Waals surface area contributed by atoms with Gasteiger partial charge in [0, 0.05) is 36.5 Å². The number of hydrogen-bond donors (Lipinski definition) is 2. The van der Waals surface area contributed by atoms with Gasteiger partial charge in [0.2, 0.25) is 10.0 Å². The van der Waals surface area contributed by atoms with E-state index in [1.54, 1.807) is 35.3 Å². The van der Waals surface area contributed by atoms with Gasteiger partial charge in [-0.3, -0.25) is 9.48 Å². The van der Waals surface area contributed by atoms with Gasteiger partial charge in [0.05, 0.1) is 24.7 Å². The summed E-state index contributed by atoms with van der Waals surface area (Å²) in [5.74, 6) is -0.325. The minimum atomic E-state index is -3.68. The quantitative estimate of drug-likeness (QED) is 0.701. The third kappa shape index (κ3) is 4.48. The van der Waals surface area contributed by atoms with Crippen molar-refractivity contribution in [1.82, 2.24) is 19.8 Å². The Morgan fingerprint density at radius 2 is 2.15 bits per heavy atom. The molecule has 2 N–H and O–H groups in total. The summed E-state index contributed by atoms with van der Waals surface area (Å²) in [6.45, 7) is 4.27. The first kappa shape index (κ1) is 18.6. The average Bonchev–Trinajstić information content (AvgIpc) is 3.12. The fourth-order valence-electron chi connectivity index (χ4n) is 2.53. The second kappa shape index (κ2) is 7.56. The molecule has 0 radical (unpaired) electrons. The Balaban J connectivity index is 1.60. The summed E-state index contributed by atoms with van der Waals surface area (Å²) in [7, 11) is -3.68. The van der Waals surface area contributed by atoms with Gasteiger partial charge in [0.15, 0.2) is 0 Å². The molecule has 0 saturated carbocycles. The molecule has 0 atom stereocenters. The molecule has 3 rings (SSSR count). The average molecular weight is 378 g/mol. The zero-order valence-electron chi connectivity index (χ0n) is 14.5. The molecule has 0 bridgehead atoms. The lowest BCUT2D eigenvalue weighted by Gasteiger charge is -2.37. The van der Waals surface area contributed by atoms with E-state index < -0.39 is 10.0 Å². The minimum absolute atomic E-state index is 0.0704. The third-order valence-corrected chi connectivity index (χ3v) is 5.58. The highest BCUT2D eigenvalue weighted by Gasteiger charge is 2.34. The van der Waals surface area contributed by atoms with Crippen molar-refractivity contribution in [2.24, 2.45) is 5.41 Å². The van der Waals surface area contributed by atoms with Crippen molar-refractivity contribution in [3.05, 3.63) is 48.3 Å². The highest BCUT2D eigenvalue weighted by Crippen LogP contribution is 2.26. The Bertz CT molecular complexity index is 861. The van der Waals surface area contributed by atoms with Crippen LogP contribution in [0.3, 0.4) is 0 Å². The van der Waals surface area contributed by atoms with Crippen LogP contribution in [0, 0.1) is 5.41 Å². The van der Waals surface area contributed by atoms with Crippen LogP contribution < -0.4 is 10.0 Å². The van der Waals surface area contributed by atoms with E-state index in [4.69, 9.17) is 4.74 Å². The van der Waals surface area contributed by atoms with Crippen LogP contribution in [0.25, 0.3) is 0 Å². The van der Waals surface area contributed by atoms with E-state index in [-0.39, 0.29) is 16.2 Å². The Labute approximate surface area is 152 Å². The van der Waals surface area contributed by atoms with Crippen LogP contribution in [0.2, 0.25) is 0 Å². The predicted molar refractivity (Wildman–Crippen MR) is 95.1 cm³/mol. The summed E-state index contributed by atoms with van der Waals surface area (Å²) in [4.78, 5) is 12.3. The first-order chi connectivity index (χ1) is 12.4. The van der Waals surface area contributed by atoms with Crippen LogP contribution >= 0.6 is 0 Å². The third-order valence-electron chi connectivity index (χ3n) is 4.18.